The number of ether oxygens (including phenoxy) is 1. The van der Waals surface area contributed by atoms with Crippen LogP contribution in [0.5, 0.6) is 0 Å². The standard InChI is InChI=1S/C20H25NO5/c1-5-21(12-13-9-7-6-8-10-13)18(24)15-14(22)11-20(2,3)16(17(15)23)19(25)26-4/h6-10,16,23H,5,11-12H2,1-4H3/t16-/m0/s1. The molecule has 6 heteroatoms. The van der Waals surface area contributed by atoms with E-state index in [2.05, 4.69) is 0 Å². The van der Waals surface area contributed by atoms with E-state index in [0.717, 1.165) is 5.56 Å². The zero-order valence-electron chi connectivity index (χ0n) is 15.6. The lowest BCUT2D eigenvalue weighted by Gasteiger charge is -2.36. The molecule has 6 nitrogen and oxygen atoms in total. The van der Waals surface area contributed by atoms with E-state index >= 15 is 0 Å². The highest BCUT2D eigenvalue weighted by Gasteiger charge is 2.48. The molecule has 0 saturated heterocycles. The quantitative estimate of drug-likeness (QED) is 0.645. The minimum absolute atomic E-state index is 0.0131. The van der Waals surface area contributed by atoms with Crippen LogP contribution in [-0.4, -0.2) is 41.3 Å². The zero-order chi connectivity index (χ0) is 19.5. The third-order valence-electron chi connectivity index (χ3n) is 4.74. The summed E-state index contributed by atoms with van der Waals surface area (Å²) in [6, 6.07) is 9.38. The number of hydrogen-bond donors (Lipinski definition) is 1. The molecule has 0 heterocycles. The molecule has 0 bridgehead atoms. The molecule has 2 rings (SSSR count). The molecule has 1 aromatic rings. The molecular weight excluding hydrogens is 334 g/mol. The minimum Gasteiger partial charge on any atom is -0.510 e. The molecule has 0 spiro atoms. The maximum atomic E-state index is 13.0. The van der Waals surface area contributed by atoms with Gasteiger partial charge in [0, 0.05) is 19.5 Å². The van der Waals surface area contributed by atoms with Crippen LogP contribution >= 0.6 is 0 Å². The third-order valence-corrected chi connectivity index (χ3v) is 4.74. The molecule has 1 aliphatic carbocycles. The van der Waals surface area contributed by atoms with Crippen LogP contribution in [0.4, 0.5) is 0 Å². The van der Waals surface area contributed by atoms with Crippen LogP contribution in [0.25, 0.3) is 0 Å². The number of methoxy groups -OCH3 is 1. The Hall–Kier alpha value is -2.63. The van der Waals surface area contributed by atoms with Gasteiger partial charge in [0.2, 0.25) is 0 Å². The van der Waals surface area contributed by atoms with Crippen molar-refractivity contribution >= 4 is 17.7 Å². The second-order valence-corrected chi connectivity index (χ2v) is 7.11. The fourth-order valence-corrected chi connectivity index (χ4v) is 3.33. The van der Waals surface area contributed by atoms with Crippen molar-refractivity contribution in [2.45, 2.75) is 33.7 Å². The van der Waals surface area contributed by atoms with Gasteiger partial charge in [-0.3, -0.25) is 14.4 Å². The molecule has 0 aromatic heterocycles. The first-order valence-electron chi connectivity index (χ1n) is 8.60. The van der Waals surface area contributed by atoms with E-state index in [9.17, 15) is 19.5 Å². The van der Waals surface area contributed by atoms with Crippen molar-refractivity contribution in [1.82, 2.24) is 4.90 Å². The average molecular weight is 359 g/mol. The number of carbonyl (C=O) groups excluding carboxylic acids is 3. The number of carbonyl (C=O) groups is 3. The first-order valence-corrected chi connectivity index (χ1v) is 8.60. The Bertz CT molecular complexity index is 736. The summed E-state index contributed by atoms with van der Waals surface area (Å²) in [6.45, 7) is 5.88. The van der Waals surface area contributed by atoms with Crippen LogP contribution in [0.3, 0.4) is 0 Å². The summed E-state index contributed by atoms with van der Waals surface area (Å²) in [7, 11) is 1.22. The molecule has 1 aliphatic rings. The van der Waals surface area contributed by atoms with E-state index in [1.807, 2.05) is 30.3 Å². The van der Waals surface area contributed by atoms with Gasteiger partial charge in [-0.05, 0) is 17.9 Å². The van der Waals surface area contributed by atoms with Crippen molar-refractivity contribution in [3.8, 4) is 0 Å². The lowest BCUT2D eigenvalue weighted by molar-refractivity contribution is -0.150. The fraction of sp³-hybridized carbons (Fsp3) is 0.450. The molecule has 0 fully saturated rings. The topological polar surface area (TPSA) is 83.9 Å². The number of esters is 1. The number of ketones is 1. The SMILES string of the molecule is CCN(Cc1ccccc1)C(=O)C1=C(O)[C@@H](C(=O)OC)C(C)(C)CC1=O. The molecule has 0 unspecified atom stereocenters. The highest BCUT2D eigenvalue weighted by molar-refractivity contribution is 6.21. The normalized spacial score (nSPS) is 19.2. The molecule has 1 atom stereocenters. The van der Waals surface area contributed by atoms with Crippen molar-refractivity contribution in [2.24, 2.45) is 11.3 Å². The number of rotatable bonds is 5. The Morgan fingerprint density at radius 1 is 1.27 bits per heavy atom. The second-order valence-electron chi connectivity index (χ2n) is 7.11. The number of aliphatic hydroxyl groups excluding tert-OH is 1. The van der Waals surface area contributed by atoms with Gasteiger partial charge in [0.05, 0.1) is 7.11 Å². The van der Waals surface area contributed by atoms with Crippen LogP contribution in [0, 0.1) is 11.3 Å². The first-order chi connectivity index (χ1) is 12.2. The van der Waals surface area contributed by atoms with Crippen LogP contribution in [-0.2, 0) is 25.7 Å². The second kappa shape index (κ2) is 7.72. The van der Waals surface area contributed by atoms with Gasteiger partial charge in [0.15, 0.2) is 5.78 Å². The molecule has 26 heavy (non-hydrogen) atoms. The van der Waals surface area contributed by atoms with E-state index < -0.39 is 34.8 Å². The molecule has 1 aromatic carbocycles. The van der Waals surface area contributed by atoms with Crippen LogP contribution in [0.1, 0.15) is 32.8 Å². The monoisotopic (exact) mass is 359 g/mol. The lowest BCUT2D eigenvalue weighted by Crippen LogP contribution is -2.44. The van der Waals surface area contributed by atoms with E-state index in [0.29, 0.717) is 13.1 Å². The molecule has 1 amide bonds. The average Bonchev–Trinajstić information content (AvgIpc) is 2.58. The third kappa shape index (κ3) is 3.79. The fourth-order valence-electron chi connectivity index (χ4n) is 3.33. The van der Waals surface area contributed by atoms with Crippen LogP contribution in [0.2, 0.25) is 0 Å². The number of hydrogen-bond acceptors (Lipinski definition) is 5. The largest absolute Gasteiger partial charge is 0.510 e. The Morgan fingerprint density at radius 3 is 2.42 bits per heavy atom. The lowest BCUT2D eigenvalue weighted by atomic mass is 9.68. The Balaban J connectivity index is 2.40. The van der Waals surface area contributed by atoms with Gasteiger partial charge >= 0.3 is 5.97 Å². The van der Waals surface area contributed by atoms with Gasteiger partial charge in [-0.25, -0.2) is 0 Å². The summed E-state index contributed by atoms with van der Waals surface area (Å²) in [5.41, 5.74) is -0.220. The van der Waals surface area contributed by atoms with Gasteiger partial charge in [0.1, 0.15) is 17.3 Å². The molecule has 140 valence electrons. The maximum absolute atomic E-state index is 13.0. The molecule has 0 radical (unpaired) electrons. The summed E-state index contributed by atoms with van der Waals surface area (Å²) in [6.07, 6.45) is -0.0131. The first kappa shape index (κ1) is 19.7. The minimum atomic E-state index is -1.04. The van der Waals surface area contributed by atoms with Gasteiger partial charge in [-0.1, -0.05) is 44.2 Å². The van der Waals surface area contributed by atoms with E-state index in [4.69, 9.17) is 4.74 Å². The van der Waals surface area contributed by atoms with Crippen LogP contribution < -0.4 is 0 Å². The van der Waals surface area contributed by atoms with Crippen LogP contribution in [0.15, 0.2) is 41.7 Å². The van der Waals surface area contributed by atoms with Crippen molar-refractivity contribution in [3.63, 3.8) is 0 Å². The van der Waals surface area contributed by atoms with E-state index in [1.165, 1.54) is 12.0 Å². The van der Waals surface area contributed by atoms with E-state index in [-0.39, 0.29) is 12.0 Å². The Kier molecular flexibility index (Phi) is 5.85. The van der Waals surface area contributed by atoms with Gasteiger partial charge < -0.3 is 14.7 Å². The number of Topliss-reactive ketones (excluding diaryl/α,β-unsaturated/α-hetero) is 1. The summed E-state index contributed by atoms with van der Waals surface area (Å²) < 4.78 is 4.77. The summed E-state index contributed by atoms with van der Waals surface area (Å²) in [5.74, 6) is -3.21. The Morgan fingerprint density at radius 2 is 1.88 bits per heavy atom. The maximum Gasteiger partial charge on any atom is 0.316 e. The summed E-state index contributed by atoms with van der Waals surface area (Å²) >= 11 is 0. The van der Waals surface area contributed by atoms with Crippen molar-refractivity contribution in [2.75, 3.05) is 13.7 Å². The number of likely N-dealkylation sites (N-methyl/N-ethyl adjacent to an activating group) is 1. The van der Waals surface area contributed by atoms with Gasteiger partial charge in [-0.15, -0.1) is 0 Å². The Labute approximate surface area is 153 Å². The van der Waals surface area contributed by atoms with Crippen molar-refractivity contribution < 1.29 is 24.2 Å². The number of benzene rings is 1. The highest BCUT2D eigenvalue weighted by Crippen LogP contribution is 2.42. The summed E-state index contributed by atoms with van der Waals surface area (Å²) in [5, 5.41) is 10.6. The van der Waals surface area contributed by atoms with Gasteiger partial charge in [-0.2, -0.15) is 0 Å². The number of amides is 1. The predicted molar refractivity (Wildman–Crippen MR) is 96.1 cm³/mol. The number of aliphatic hydroxyl groups is 1. The summed E-state index contributed by atoms with van der Waals surface area (Å²) in [4.78, 5) is 39.2. The van der Waals surface area contributed by atoms with Gasteiger partial charge in [0.25, 0.3) is 5.91 Å². The van der Waals surface area contributed by atoms with E-state index in [1.54, 1.807) is 20.8 Å². The molecular formula is C20H25NO5. The predicted octanol–water partition coefficient (Wildman–Crippen LogP) is 2.64. The molecule has 0 aliphatic heterocycles. The zero-order valence-corrected chi connectivity index (χ0v) is 15.6. The highest BCUT2D eigenvalue weighted by atomic mass is 16.5. The number of nitrogens with zero attached hydrogens (tertiary/aromatic N) is 1. The van der Waals surface area contributed by atoms with Crippen molar-refractivity contribution in [1.29, 1.82) is 0 Å². The van der Waals surface area contributed by atoms with Crippen molar-refractivity contribution in [3.05, 3.63) is 47.2 Å². The smallest absolute Gasteiger partial charge is 0.316 e. The molecule has 1 N–H and O–H groups in total. The molecule has 0 saturated carbocycles.